The fraction of sp³-hybridized carbons (Fsp3) is 0.0755. The van der Waals surface area contributed by atoms with Crippen LogP contribution in [0.2, 0.25) is 0 Å². The first-order valence-corrected chi connectivity index (χ1v) is 19.0. The Labute approximate surface area is 366 Å². The van der Waals surface area contributed by atoms with E-state index in [1.165, 1.54) is 30.0 Å². The van der Waals surface area contributed by atoms with E-state index in [1.807, 2.05) is 30.5 Å². The van der Waals surface area contributed by atoms with Crippen LogP contribution in [0.4, 0.5) is 0 Å². The van der Waals surface area contributed by atoms with Crippen molar-refractivity contribution in [3.63, 3.8) is 0 Å². The molecule has 0 spiro atoms. The van der Waals surface area contributed by atoms with Crippen LogP contribution in [0.5, 0.6) is 0 Å². The molecular weight excluding hydrogens is 901 g/mol. The summed E-state index contributed by atoms with van der Waals surface area (Å²) in [5, 5.41) is 0.977. The molecule has 10 rings (SSSR count). The maximum absolute atomic E-state index is 7.28. The van der Waals surface area contributed by atoms with E-state index in [-0.39, 0.29) is 31.2 Å². The average molecular weight is 947 g/mol. The minimum Gasteiger partial charge on any atom is -0.557 e. The van der Waals surface area contributed by atoms with Crippen LogP contribution in [0.1, 0.15) is 36.2 Å². The molecule has 0 unspecified atom stereocenters. The summed E-state index contributed by atoms with van der Waals surface area (Å²) in [6, 6.07) is 56.9. The molecule has 0 saturated carbocycles. The molecule has 4 heterocycles. The third-order valence-electron chi connectivity index (χ3n) is 9.97. The molecule has 0 fully saturated rings. The van der Waals surface area contributed by atoms with Crippen molar-refractivity contribution in [1.82, 2.24) is 19.5 Å². The Morgan fingerprint density at radius 2 is 1.39 bits per heavy atom. The van der Waals surface area contributed by atoms with Crippen molar-refractivity contribution in [3.05, 3.63) is 216 Å². The van der Waals surface area contributed by atoms with Crippen LogP contribution < -0.4 is 0 Å². The monoisotopic (exact) mass is 947 g/mol. The van der Waals surface area contributed by atoms with E-state index in [0.717, 1.165) is 79.0 Å². The quantitative estimate of drug-likeness (QED) is 0.149. The number of rotatable bonds is 7. The standard InChI is InChI=1S/C40H28N3O.C13H12N.Ir/c1-27-22-32(29-12-4-2-5-13-29)39(33(23-27)30-14-6-3-7-15-30)43-37-18-9-8-17-36(37)42-40(43)35-26-44-38-20-19-28(25-34(35)38)24-31-16-10-11-21-41-31;1-10-3-6-12(7-4-10)13-8-5-11(2)9-14-13;/h2-23,25H,24H2,1H3;3-6,8-9H,1-2H3;/q2*-1;/i;1D3,2D3;. The number of imidazole rings is 1. The topological polar surface area (TPSA) is 56.7 Å². The van der Waals surface area contributed by atoms with E-state index in [0.29, 0.717) is 11.3 Å². The Morgan fingerprint density at radius 1 is 0.678 bits per heavy atom. The van der Waals surface area contributed by atoms with Gasteiger partial charge < -0.3 is 14.0 Å². The van der Waals surface area contributed by atoms with E-state index in [2.05, 4.69) is 143 Å². The van der Waals surface area contributed by atoms with Crippen LogP contribution in [-0.4, -0.2) is 19.5 Å². The number of aryl methyl sites for hydroxylation is 3. The Hall–Kier alpha value is -6.72. The van der Waals surface area contributed by atoms with Gasteiger partial charge in [0.1, 0.15) is 0 Å². The van der Waals surface area contributed by atoms with Crippen LogP contribution >= 0.6 is 0 Å². The van der Waals surface area contributed by atoms with Gasteiger partial charge in [-0.1, -0.05) is 133 Å². The van der Waals surface area contributed by atoms with Crippen molar-refractivity contribution < 1.29 is 32.7 Å². The molecule has 1 radical (unpaired) electrons. The molecule has 0 N–H and O–H groups in total. The van der Waals surface area contributed by atoms with E-state index in [4.69, 9.17) is 17.6 Å². The van der Waals surface area contributed by atoms with E-state index in [9.17, 15) is 0 Å². The average Bonchev–Trinajstić information content (AvgIpc) is 3.91. The van der Waals surface area contributed by atoms with Crippen LogP contribution in [0.25, 0.3) is 72.6 Å². The molecule has 0 saturated heterocycles. The van der Waals surface area contributed by atoms with Gasteiger partial charge in [-0.3, -0.25) is 9.97 Å². The predicted molar refractivity (Wildman–Crippen MR) is 236 cm³/mol. The number of furan rings is 1. The van der Waals surface area contributed by atoms with Gasteiger partial charge in [0.2, 0.25) is 0 Å². The first-order valence-electron chi connectivity index (χ1n) is 22.0. The van der Waals surface area contributed by atoms with Gasteiger partial charge in [-0.25, -0.2) is 0 Å². The molecule has 0 bridgehead atoms. The summed E-state index contributed by atoms with van der Waals surface area (Å²) in [7, 11) is 0. The smallest absolute Gasteiger partial charge is 0.0774 e. The number of benzene rings is 6. The van der Waals surface area contributed by atoms with Crippen LogP contribution in [0, 0.1) is 33.0 Å². The normalized spacial score (nSPS) is 12.8. The van der Waals surface area contributed by atoms with E-state index >= 15 is 0 Å². The molecule has 6 heteroatoms. The van der Waals surface area contributed by atoms with Gasteiger partial charge in [0.25, 0.3) is 0 Å². The van der Waals surface area contributed by atoms with Gasteiger partial charge in [-0.15, -0.1) is 35.4 Å². The third-order valence-corrected chi connectivity index (χ3v) is 9.97. The van der Waals surface area contributed by atoms with Gasteiger partial charge >= 0.3 is 0 Å². The number of nitrogens with zero attached hydrogens (tertiary/aromatic N) is 4. The number of fused-ring (bicyclic) bond motifs is 2. The van der Waals surface area contributed by atoms with Crippen LogP contribution in [-0.2, 0) is 26.5 Å². The molecular formula is C53H40IrN4O-2. The van der Waals surface area contributed by atoms with Crippen molar-refractivity contribution >= 4 is 22.0 Å². The number of aromatic nitrogens is 4. The van der Waals surface area contributed by atoms with Crippen LogP contribution in [0.15, 0.2) is 181 Å². The summed E-state index contributed by atoms with van der Waals surface area (Å²) in [5.41, 5.74) is 14.1. The second-order valence-corrected chi connectivity index (χ2v) is 14.0. The zero-order valence-electron chi connectivity index (χ0n) is 38.0. The molecule has 4 aromatic heterocycles. The third kappa shape index (κ3) is 8.33. The zero-order valence-corrected chi connectivity index (χ0v) is 34.4. The van der Waals surface area contributed by atoms with Crippen LogP contribution in [0.3, 0.4) is 0 Å². The van der Waals surface area contributed by atoms with Crippen molar-refractivity contribution in [3.8, 4) is 50.6 Å². The maximum atomic E-state index is 7.28. The maximum Gasteiger partial charge on any atom is 0.0774 e. The predicted octanol–water partition coefficient (Wildman–Crippen LogP) is 13.0. The van der Waals surface area contributed by atoms with Crippen molar-refractivity contribution in [2.24, 2.45) is 0 Å². The summed E-state index contributed by atoms with van der Waals surface area (Å²) in [5.74, 6) is 0.790. The van der Waals surface area contributed by atoms with E-state index in [1.54, 1.807) is 12.1 Å². The molecule has 0 aliphatic rings. The van der Waals surface area contributed by atoms with Gasteiger partial charge in [-0.2, -0.15) is 0 Å². The summed E-state index contributed by atoms with van der Waals surface area (Å²) in [6.07, 6.45) is 7.11. The van der Waals surface area contributed by atoms with Gasteiger partial charge in [0, 0.05) is 75.8 Å². The van der Waals surface area contributed by atoms with E-state index < -0.39 is 13.7 Å². The van der Waals surface area contributed by atoms with Gasteiger partial charge in [0.15, 0.2) is 0 Å². The number of hydrogen-bond donors (Lipinski definition) is 0. The Balaban J connectivity index is 0.000000232. The molecule has 10 aromatic rings. The summed E-state index contributed by atoms with van der Waals surface area (Å²) >= 11 is 0. The van der Waals surface area contributed by atoms with Crippen molar-refractivity contribution in [2.75, 3.05) is 0 Å². The minimum absolute atomic E-state index is 0. The van der Waals surface area contributed by atoms with Crippen molar-refractivity contribution in [2.45, 2.75) is 27.0 Å². The fourth-order valence-electron chi connectivity index (χ4n) is 7.26. The molecule has 0 aliphatic carbocycles. The Morgan fingerprint density at radius 3 is 2.05 bits per heavy atom. The minimum atomic E-state index is -2.18. The van der Waals surface area contributed by atoms with Crippen molar-refractivity contribution in [1.29, 1.82) is 0 Å². The summed E-state index contributed by atoms with van der Waals surface area (Å²) in [6.45, 7) is -2.18. The second kappa shape index (κ2) is 17.4. The fourth-order valence-corrected chi connectivity index (χ4v) is 7.26. The Kier molecular flexibility index (Phi) is 9.52. The summed E-state index contributed by atoms with van der Waals surface area (Å²) < 4.78 is 52.0. The molecule has 289 valence electrons. The molecule has 5 nitrogen and oxygen atoms in total. The largest absolute Gasteiger partial charge is 0.557 e. The first-order chi connectivity index (χ1) is 30.9. The SMILES string of the molecule is Cc1cc(-c2ccccc2)c(-n2c(-c3[c-]oc4ccc(Cc5ccccn5)cc34)nc3ccccc32)c(-c2ccccc2)c1.[2H]C([2H])([2H])c1c[c-]c(-c2ccc(C([2H])([2H])[2H])cn2)cc1.[Ir]. The molecule has 0 atom stereocenters. The number of pyridine rings is 2. The van der Waals surface area contributed by atoms with Gasteiger partial charge in [0.05, 0.1) is 22.5 Å². The number of para-hydroxylation sites is 2. The molecule has 59 heavy (non-hydrogen) atoms. The Bertz CT molecular complexity index is 3090. The summed E-state index contributed by atoms with van der Waals surface area (Å²) in [4.78, 5) is 13.9. The second-order valence-electron chi connectivity index (χ2n) is 14.0. The zero-order chi connectivity index (χ0) is 44.4. The first kappa shape index (κ1) is 32.3. The van der Waals surface area contributed by atoms with Gasteiger partial charge in [-0.05, 0) is 78.1 Å². The molecule has 0 aliphatic heterocycles. The molecule has 6 aromatic carbocycles. The number of hydrogen-bond acceptors (Lipinski definition) is 4. The molecule has 0 amide bonds.